The number of esters is 1. The predicted octanol–water partition coefficient (Wildman–Crippen LogP) is 15.3. The van der Waals surface area contributed by atoms with Crippen molar-refractivity contribution in [3.8, 4) is 0 Å². The molecule has 0 bridgehead atoms. The first-order chi connectivity index (χ1) is 24.6. The van der Waals surface area contributed by atoms with Crippen molar-refractivity contribution >= 4 is 11.9 Å². The van der Waals surface area contributed by atoms with Gasteiger partial charge in [-0.05, 0) is 70.6 Å². The summed E-state index contributed by atoms with van der Waals surface area (Å²) in [7, 11) is 0. The van der Waals surface area contributed by atoms with E-state index in [1.54, 1.807) is 0 Å². The molecule has 4 heteroatoms. The Balaban J connectivity index is 4.00. The van der Waals surface area contributed by atoms with Crippen molar-refractivity contribution in [2.24, 2.45) is 0 Å². The fraction of sp³-hybridized carbons (Fsp3) is 0.826. The molecule has 1 unspecified atom stereocenters. The van der Waals surface area contributed by atoms with E-state index in [1.807, 2.05) is 0 Å². The summed E-state index contributed by atoms with van der Waals surface area (Å²) in [4.78, 5) is 23.4. The molecule has 0 heterocycles. The summed E-state index contributed by atoms with van der Waals surface area (Å²) in [6, 6.07) is 0. The zero-order valence-electron chi connectivity index (χ0n) is 33.5. The van der Waals surface area contributed by atoms with E-state index in [4.69, 9.17) is 9.84 Å². The molecule has 0 spiro atoms. The average molecular weight is 701 g/mol. The number of unbranched alkanes of at least 4 members (excludes halogenated alkanes) is 25. The Hall–Kier alpha value is -1.84. The lowest BCUT2D eigenvalue weighted by atomic mass is 10.0. The Bertz CT molecular complexity index is 798. The minimum Gasteiger partial charge on any atom is -0.481 e. The van der Waals surface area contributed by atoms with Crippen molar-refractivity contribution in [2.45, 2.75) is 245 Å². The zero-order valence-corrected chi connectivity index (χ0v) is 33.5. The van der Waals surface area contributed by atoms with E-state index < -0.39 is 5.97 Å². The van der Waals surface area contributed by atoms with Gasteiger partial charge in [0.1, 0.15) is 6.10 Å². The topological polar surface area (TPSA) is 63.6 Å². The lowest BCUT2D eigenvalue weighted by Gasteiger charge is -2.18. The van der Waals surface area contributed by atoms with Crippen LogP contribution in [0.2, 0.25) is 0 Å². The summed E-state index contributed by atoms with van der Waals surface area (Å²) >= 11 is 0. The number of rotatable bonds is 40. The second kappa shape index (κ2) is 41.6. The quantitative estimate of drug-likeness (QED) is 0.0393. The molecule has 4 nitrogen and oxygen atoms in total. The van der Waals surface area contributed by atoms with Gasteiger partial charge in [0.15, 0.2) is 0 Å². The standard InChI is InChI=1S/C46H84O4/c1-3-5-7-9-11-13-15-17-18-19-20-21-22-23-25-27-29-35-39-43-46(49)50-44(41-37-33-30-31-34-38-42-45(47)48)40-36-32-28-26-24-16-14-12-10-8-6-4-2/h5,7,11,13,17-18,44H,3-4,6,8-10,12,14-16,19-43H2,1-2H3,(H,47,48)/b7-5-,13-11-,18-17-. The monoisotopic (exact) mass is 701 g/mol. The minimum absolute atomic E-state index is 0.0109. The highest BCUT2D eigenvalue weighted by molar-refractivity contribution is 5.69. The van der Waals surface area contributed by atoms with Crippen molar-refractivity contribution in [3.05, 3.63) is 36.5 Å². The SMILES string of the molecule is CC/C=C\C/C=C\C/C=C\CCCCCCCCCCCC(=O)OC(CCCCCCCCCCCCCC)CCCCCCCCC(=O)O. The highest BCUT2D eigenvalue weighted by atomic mass is 16.5. The minimum atomic E-state index is -0.691. The molecule has 0 fully saturated rings. The van der Waals surface area contributed by atoms with Gasteiger partial charge >= 0.3 is 11.9 Å². The van der Waals surface area contributed by atoms with Gasteiger partial charge in [0.05, 0.1) is 0 Å². The molecule has 1 N–H and O–H groups in total. The smallest absolute Gasteiger partial charge is 0.306 e. The molecule has 50 heavy (non-hydrogen) atoms. The highest BCUT2D eigenvalue weighted by Crippen LogP contribution is 2.19. The van der Waals surface area contributed by atoms with E-state index in [0.29, 0.717) is 6.42 Å². The third-order valence-electron chi connectivity index (χ3n) is 9.88. The van der Waals surface area contributed by atoms with Crippen LogP contribution in [0.25, 0.3) is 0 Å². The van der Waals surface area contributed by atoms with Crippen LogP contribution in [0.4, 0.5) is 0 Å². The first kappa shape index (κ1) is 48.2. The van der Waals surface area contributed by atoms with E-state index in [9.17, 15) is 9.59 Å². The molecule has 0 aliphatic carbocycles. The van der Waals surface area contributed by atoms with Crippen LogP contribution in [0, 0.1) is 0 Å². The van der Waals surface area contributed by atoms with Crippen LogP contribution < -0.4 is 0 Å². The van der Waals surface area contributed by atoms with E-state index in [0.717, 1.165) is 89.9 Å². The van der Waals surface area contributed by atoms with Crippen molar-refractivity contribution in [2.75, 3.05) is 0 Å². The number of carboxylic acid groups (broad SMARTS) is 1. The van der Waals surface area contributed by atoms with Crippen LogP contribution >= 0.6 is 0 Å². The van der Waals surface area contributed by atoms with Gasteiger partial charge in [-0.2, -0.15) is 0 Å². The summed E-state index contributed by atoms with van der Waals surface area (Å²) in [5.74, 6) is -0.680. The Kier molecular flexibility index (Phi) is 40.0. The summed E-state index contributed by atoms with van der Waals surface area (Å²) in [6.07, 6.45) is 54.6. The third kappa shape index (κ3) is 40.6. The lowest BCUT2D eigenvalue weighted by molar-refractivity contribution is -0.150. The largest absolute Gasteiger partial charge is 0.481 e. The molecule has 0 aromatic heterocycles. The fourth-order valence-corrected chi connectivity index (χ4v) is 6.67. The molecule has 1 atom stereocenters. The van der Waals surface area contributed by atoms with Crippen LogP contribution in [0.15, 0.2) is 36.5 Å². The summed E-state index contributed by atoms with van der Waals surface area (Å²) in [5, 5.41) is 8.81. The number of carbonyl (C=O) groups excluding carboxylic acids is 1. The molecule has 0 saturated heterocycles. The van der Waals surface area contributed by atoms with Gasteiger partial charge in [-0.25, -0.2) is 0 Å². The number of allylic oxidation sites excluding steroid dienone is 6. The van der Waals surface area contributed by atoms with Crippen LogP contribution in [0.5, 0.6) is 0 Å². The van der Waals surface area contributed by atoms with Crippen LogP contribution in [-0.4, -0.2) is 23.1 Å². The maximum atomic E-state index is 12.7. The number of hydrogen-bond acceptors (Lipinski definition) is 3. The molecule has 0 rings (SSSR count). The predicted molar refractivity (Wildman–Crippen MR) is 218 cm³/mol. The van der Waals surface area contributed by atoms with Gasteiger partial charge < -0.3 is 9.84 Å². The van der Waals surface area contributed by atoms with Gasteiger partial charge in [0.2, 0.25) is 0 Å². The van der Waals surface area contributed by atoms with Crippen molar-refractivity contribution in [1.29, 1.82) is 0 Å². The normalized spacial score (nSPS) is 12.5. The van der Waals surface area contributed by atoms with Gasteiger partial charge in [-0.1, -0.05) is 192 Å². The van der Waals surface area contributed by atoms with E-state index in [2.05, 4.69) is 50.3 Å². The number of aliphatic carboxylic acids is 1. The maximum absolute atomic E-state index is 12.7. The van der Waals surface area contributed by atoms with Gasteiger partial charge in [0.25, 0.3) is 0 Å². The zero-order chi connectivity index (χ0) is 36.4. The van der Waals surface area contributed by atoms with E-state index in [1.165, 1.54) is 122 Å². The molecule has 0 saturated carbocycles. The number of carbonyl (C=O) groups is 2. The van der Waals surface area contributed by atoms with Gasteiger partial charge in [0, 0.05) is 12.8 Å². The highest BCUT2D eigenvalue weighted by Gasteiger charge is 2.14. The Morgan fingerprint density at radius 1 is 0.460 bits per heavy atom. The molecule has 0 aliphatic heterocycles. The molecule has 292 valence electrons. The molecule has 0 radical (unpaired) electrons. The molecule has 0 aromatic carbocycles. The number of hydrogen-bond donors (Lipinski definition) is 1. The lowest BCUT2D eigenvalue weighted by Crippen LogP contribution is -2.18. The number of ether oxygens (including phenoxy) is 1. The molecule has 0 aromatic rings. The summed E-state index contributed by atoms with van der Waals surface area (Å²) in [6.45, 7) is 4.45. The van der Waals surface area contributed by atoms with Crippen LogP contribution in [-0.2, 0) is 14.3 Å². The second-order valence-corrected chi connectivity index (χ2v) is 14.9. The van der Waals surface area contributed by atoms with Crippen LogP contribution in [0.1, 0.15) is 239 Å². The molecule has 0 aliphatic rings. The van der Waals surface area contributed by atoms with Crippen molar-refractivity contribution < 1.29 is 19.4 Å². The van der Waals surface area contributed by atoms with Gasteiger partial charge in [-0.15, -0.1) is 0 Å². The Morgan fingerprint density at radius 3 is 1.30 bits per heavy atom. The summed E-state index contributed by atoms with van der Waals surface area (Å²) in [5.41, 5.74) is 0. The van der Waals surface area contributed by atoms with Crippen molar-refractivity contribution in [1.82, 2.24) is 0 Å². The van der Waals surface area contributed by atoms with Crippen molar-refractivity contribution in [3.63, 3.8) is 0 Å². The van der Waals surface area contributed by atoms with E-state index in [-0.39, 0.29) is 18.5 Å². The first-order valence-corrected chi connectivity index (χ1v) is 22.0. The summed E-state index contributed by atoms with van der Waals surface area (Å²) < 4.78 is 6.04. The molecular formula is C46H84O4. The number of carboxylic acids is 1. The molecule has 0 amide bonds. The molecular weight excluding hydrogens is 617 g/mol. The maximum Gasteiger partial charge on any atom is 0.306 e. The first-order valence-electron chi connectivity index (χ1n) is 22.0. The average Bonchev–Trinajstić information content (AvgIpc) is 3.10. The third-order valence-corrected chi connectivity index (χ3v) is 9.88. The fourth-order valence-electron chi connectivity index (χ4n) is 6.67. The Labute approximate surface area is 311 Å². The van der Waals surface area contributed by atoms with Crippen LogP contribution in [0.3, 0.4) is 0 Å². The Morgan fingerprint density at radius 2 is 0.840 bits per heavy atom. The van der Waals surface area contributed by atoms with E-state index >= 15 is 0 Å². The van der Waals surface area contributed by atoms with Gasteiger partial charge in [-0.3, -0.25) is 9.59 Å². The second-order valence-electron chi connectivity index (χ2n) is 14.9.